The van der Waals surface area contributed by atoms with Crippen molar-refractivity contribution in [2.24, 2.45) is 51.8 Å². The first kappa shape index (κ1) is 26.4. The van der Waals surface area contributed by atoms with E-state index < -0.39 is 11.0 Å². The van der Waals surface area contributed by atoms with Crippen LogP contribution in [-0.4, -0.2) is 39.4 Å². The molecule has 0 aromatic carbocycles. The number of aliphatic hydroxyl groups is 3. The van der Waals surface area contributed by atoms with Crippen LogP contribution in [0, 0.1) is 51.8 Å². The summed E-state index contributed by atoms with van der Waals surface area (Å²) < 4.78 is 0. The second kappa shape index (κ2) is 8.70. The van der Waals surface area contributed by atoms with Crippen molar-refractivity contribution in [1.29, 1.82) is 0 Å². The second-order valence-corrected chi connectivity index (χ2v) is 13.8. The molecule has 0 bridgehead atoms. The van der Waals surface area contributed by atoms with Crippen LogP contribution in [0.4, 0.5) is 0 Å². The molecule has 0 radical (unpaired) electrons. The summed E-state index contributed by atoms with van der Waals surface area (Å²) in [5.41, 5.74) is -0.0796. The zero-order chi connectivity index (χ0) is 25.3. The molecule has 4 aliphatic carbocycles. The van der Waals surface area contributed by atoms with Crippen LogP contribution in [0.15, 0.2) is 11.6 Å². The van der Waals surface area contributed by atoms with Crippen molar-refractivity contribution >= 4 is 5.78 Å². The Balaban J connectivity index is 1.58. The SMILES string of the molecule is CC(C)C(C)(O)[C@@]1(C)C[C@@H]1[C@@H](C)[C@H]1CC[C@@H]([C@@H]2CC=C3C[C@@H](O)CC[C@]3(C)C2=O)[C@]1(C)CCO. The average Bonchev–Trinajstić information content (AvgIpc) is 3.36. The first-order valence-corrected chi connectivity index (χ1v) is 14.0. The fourth-order valence-electron chi connectivity index (χ4n) is 9.03. The molecule has 3 fully saturated rings. The molecular weight excluding hydrogens is 424 g/mol. The van der Waals surface area contributed by atoms with Crippen LogP contribution in [-0.2, 0) is 4.79 Å². The molecule has 3 saturated carbocycles. The van der Waals surface area contributed by atoms with E-state index in [4.69, 9.17) is 0 Å². The first-order chi connectivity index (χ1) is 15.7. The number of rotatable bonds is 7. The minimum absolute atomic E-state index is 0.0158. The van der Waals surface area contributed by atoms with Crippen molar-refractivity contribution < 1.29 is 20.1 Å². The van der Waals surface area contributed by atoms with E-state index >= 15 is 0 Å². The highest BCUT2D eigenvalue weighted by Crippen LogP contribution is 2.69. The van der Waals surface area contributed by atoms with E-state index in [1.807, 2.05) is 6.92 Å². The third-order valence-electron chi connectivity index (χ3n) is 12.1. The fraction of sp³-hybridized carbons (Fsp3) is 0.900. The lowest BCUT2D eigenvalue weighted by Crippen LogP contribution is -2.48. The van der Waals surface area contributed by atoms with Gasteiger partial charge in [0, 0.05) is 17.9 Å². The van der Waals surface area contributed by atoms with Gasteiger partial charge in [-0.3, -0.25) is 4.79 Å². The Hall–Kier alpha value is -0.710. The summed E-state index contributed by atoms with van der Waals surface area (Å²) in [6.07, 6.45) is 8.82. The number of aliphatic hydroxyl groups excluding tert-OH is 2. The molecule has 0 saturated heterocycles. The van der Waals surface area contributed by atoms with Crippen molar-refractivity contribution in [2.75, 3.05) is 6.61 Å². The summed E-state index contributed by atoms with van der Waals surface area (Å²) in [5.74, 6) is 2.31. The van der Waals surface area contributed by atoms with Crippen LogP contribution >= 0.6 is 0 Å². The maximum Gasteiger partial charge on any atom is 0.146 e. The third-order valence-corrected chi connectivity index (χ3v) is 12.1. The number of Topliss-reactive ketones (excluding diaryl/α,β-unsaturated/α-hetero) is 1. The molecule has 4 rings (SSSR count). The highest BCUT2D eigenvalue weighted by atomic mass is 16.3. The van der Waals surface area contributed by atoms with E-state index in [0.29, 0.717) is 36.4 Å². The van der Waals surface area contributed by atoms with Gasteiger partial charge in [-0.2, -0.15) is 0 Å². The Morgan fingerprint density at radius 1 is 1.12 bits per heavy atom. The van der Waals surface area contributed by atoms with Crippen LogP contribution in [0.1, 0.15) is 99.8 Å². The van der Waals surface area contributed by atoms with E-state index in [-0.39, 0.29) is 41.3 Å². The minimum atomic E-state index is -0.683. The van der Waals surface area contributed by atoms with Gasteiger partial charge < -0.3 is 15.3 Å². The molecule has 3 N–H and O–H groups in total. The molecular formula is C30H50O4. The van der Waals surface area contributed by atoms with Crippen molar-refractivity contribution in [2.45, 2.75) is 112 Å². The van der Waals surface area contributed by atoms with Crippen LogP contribution in [0.25, 0.3) is 0 Å². The maximum atomic E-state index is 14.0. The zero-order valence-corrected chi connectivity index (χ0v) is 22.7. The molecule has 0 aromatic heterocycles. The number of fused-ring (bicyclic) bond motifs is 1. The van der Waals surface area contributed by atoms with E-state index in [0.717, 1.165) is 44.1 Å². The van der Waals surface area contributed by atoms with Crippen molar-refractivity contribution in [1.82, 2.24) is 0 Å². The molecule has 4 nitrogen and oxygen atoms in total. The Morgan fingerprint density at radius 2 is 1.79 bits per heavy atom. The largest absolute Gasteiger partial charge is 0.396 e. The molecule has 0 amide bonds. The minimum Gasteiger partial charge on any atom is -0.396 e. The van der Waals surface area contributed by atoms with Crippen molar-refractivity contribution in [3.63, 3.8) is 0 Å². The Kier molecular flexibility index (Phi) is 6.74. The molecule has 4 aliphatic rings. The van der Waals surface area contributed by atoms with Crippen LogP contribution < -0.4 is 0 Å². The van der Waals surface area contributed by atoms with Gasteiger partial charge in [0.05, 0.1) is 11.7 Å². The van der Waals surface area contributed by atoms with Gasteiger partial charge in [-0.05, 0) is 106 Å². The monoisotopic (exact) mass is 474 g/mol. The topological polar surface area (TPSA) is 77.8 Å². The van der Waals surface area contributed by atoms with Gasteiger partial charge >= 0.3 is 0 Å². The van der Waals surface area contributed by atoms with Gasteiger partial charge in [0.2, 0.25) is 0 Å². The van der Waals surface area contributed by atoms with Gasteiger partial charge in [-0.25, -0.2) is 0 Å². The second-order valence-electron chi connectivity index (χ2n) is 13.8. The van der Waals surface area contributed by atoms with Gasteiger partial charge in [-0.15, -0.1) is 0 Å². The van der Waals surface area contributed by atoms with Crippen LogP contribution in [0.2, 0.25) is 0 Å². The summed E-state index contributed by atoms with van der Waals surface area (Å²) in [6.45, 7) is 15.5. The molecule has 194 valence electrons. The molecule has 0 heterocycles. The smallest absolute Gasteiger partial charge is 0.146 e. The van der Waals surface area contributed by atoms with Crippen LogP contribution in [0.5, 0.6) is 0 Å². The summed E-state index contributed by atoms with van der Waals surface area (Å²) in [6, 6.07) is 0. The lowest BCUT2D eigenvalue weighted by molar-refractivity contribution is -0.136. The lowest BCUT2D eigenvalue weighted by Gasteiger charge is -2.48. The average molecular weight is 475 g/mol. The number of carbonyl (C=O) groups excluding carboxylic acids is 1. The van der Waals surface area contributed by atoms with E-state index in [1.54, 1.807) is 0 Å². The fourth-order valence-corrected chi connectivity index (χ4v) is 9.03. The van der Waals surface area contributed by atoms with Gasteiger partial charge in [0.1, 0.15) is 5.78 Å². The lowest BCUT2D eigenvalue weighted by atomic mass is 9.55. The van der Waals surface area contributed by atoms with Crippen LogP contribution in [0.3, 0.4) is 0 Å². The predicted molar refractivity (Wildman–Crippen MR) is 136 cm³/mol. The Morgan fingerprint density at radius 3 is 2.41 bits per heavy atom. The predicted octanol–water partition coefficient (Wildman–Crippen LogP) is 5.54. The van der Waals surface area contributed by atoms with E-state index in [9.17, 15) is 20.1 Å². The molecule has 1 unspecified atom stereocenters. The molecule has 0 aromatic rings. The maximum absolute atomic E-state index is 14.0. The third kappa shape index (κ3) is 3.77. The summed E-state index contributed by atoms with van der Waals surface area (Å²) in [7, 11) is 0. The zero-order valence-electron chi connectivity index (χ0n) is 22.7. The van der Waals surface area contributed by atoms with Gasteiger partial charge in [0.25, 0.3) is 0 Å². The standard InChI is InChI=1S/C30H50O4/c1-18(2)30(7,34)29(6)17-25(29)19(3)23-10-11-24(28(23,5)14-15-31)22-9-8-20-16-21(32)12-13-27(20,4)26(22)33/h8,18-19,21-25,31-32,34H,9-17H2,1-7H3/t19-,21-,22-,23+,24-,25+,27-,28+,29-,30?/m0/s1. The van der Waals surface area contributed by atoms with E-state index in [2.05, 4.69) is 47.6 Å². The highest BCUT2D eigenvalue weighted by Gasteiger charge is 2.66. The van der Waals surface area contributed by atoms with Gasteiger partial charge in [0.15, 0.2) is 0 Å². The van der Waals surface area contributed by atoms with E-state index in [1.165, 1.54) is 0 Å². The number of hydrogen-bond donors (Lipinski definition) is 3. The number of hydrogen-bond acceptors (Lipinski definition) is 4. The molecule has 0 spiro atoms. The molecule has 0 aliphatic heterocycles. The number of carbonyl (C=O) groups is 1. The summed E-state index contributed by atoms with van der Waals surface area (Å²) >= 11 is 0. The summed E-state index contributed by atoms with van der Waals surface area (Å²) in [5, 5.41) is 31.6. The molecule has 4 heteroatoms. The first-order valence-electron chi connectivity index (χ1n) is 14.0. The molecule has 10 atom stereocenters. The Bertz CT molecular complexity index is 830. The number of ketones is 1. The highest BCUT2D eigenvalue weighted by molar-refractivity contribution is 5.91. The molecule has 34 heavy (non-hydrogen) atoms. The van der Waals surface area contributed by atoms with Crippen molar-refractivity contribution in [3.8, 4) is 0 Å². The Labute approximate surface area is 207 Å². The summed E-state index contributed by atoms with van der Waals surface area (Å²) in [4.78, 5) is 14.0. The normalized spacial score (nSPS) is 47.2. The van der Waals surface area contributed by atoms with Crippen molar-refractivity contribution in [3.05, 3.63) is 11.6 Å². The van der Waals surface area contributed by atoms with Gasteiger partial charge in [-0.1, -0.05) is 46.3 Å². The quantitative estimate of drug-likeness (QED) is 0.424. The number of allylic oxidation sites excluding steroid dienone is 1.